The lowest BCUT2D eigenvalue weighted by Gasteiger charge is -2.13. The third-order valence-corrected chi connectivity index (χ3v) is 2.36. The van der Waals surface area contributed by atoms with Crippen molar-refractivity contribution in [2.75, 3.05) is 32.5 Å². The van der Waals surface area contributed by atoms with Crippen LogP contribution in [0.2, 0.25) is 5.02 Å². The molecule has 4 nitrogen and oxygen atoms in total. The fourth-order valence-corrected chi connectivity index (χ4v) is 1.46. The van der Waals surface area contributed by atoms with Crippen molar-refractivity contribution >= 4 is 23.2 Å². The third kappa shape index (κ3) is 3.72. The zero-order valence-electron chi connectivity index (χ0n) is 9.46. The van der Waals surface area contributed by atoms with Gasteiger partial charge in [0.2, 0.25) is 0 Å². The predicted octanol–water partition coefficient (Wildman–Crippen LogP) is 1.41. The van der Waals surface area contributed by atoms with Crippen molar-refractivity contribution in [3.05, 3.63) is 28.8 Å². The van der Waals surface area contributed by atoms with Gasteiger partial charge in [0, 0.05) is 23.8 Å². The van der Waals surface area contributed by atoms with Gasteiger partial charge in [-0.2, -0.15) is 0 Å². The smallest absolute Gasteiger partial charge is 0.250 e. The number of rotatable bonds is 5. The lowest BCUT2D eigenvalue weighted by Crippen LogP contribution is -2.22. The molecule has 0 saturated heterocycles. The fourth-order valence-electron chi connectivity index (χ4n) is 1.29. The predicted molar refractivity (Wildman–Crippen MR) is 67.0 cm³/mol. The summed E-state index contributed by atoms with van der Waals surface area (Å²) in [6.07, 6.45) is 0. The molecule has 0 saturated carbocycles. The molecule has 0 aliphatic rings. The van der Waals surface area contributed by atoms with Crippen molar-refractivity contribution in [3.63, 3.8) is 0 Å². The fraction of sp³-hybridized carbons (Fsp3) is 0.364. The van der Waals surface area contributed by atoms with E-state index in [1.165, 1.54) is 0 Å². The van der Waals surface area contributed by atoms with Crippen molar-refractivity contribution in [3.8, 4) is 0 Å². The highest BCUT2D eigenvalue weighted by molar-refractivity contribution is 6.31. The average molecular weight is 242 g/mol. The summed E-state index contributed by atoms with van der Waals surface area (Å²) in [4.78, 5) is 13.2. The SMILES string of the molecule is CN(C)CCNc1cc(Cl)ccc1C(N)=O. The maximum Gasteiger partial charge on any atom is 0.250 e. The van der Waals surface area contributed by atoms with Crippen molar-refractivity contribution in [1.29, 1.82) is 0 Å². The van der Waals surface area contributed by atoms with E-state index >= 15 is 0 Å². The number of carbonyl (C=O) groups excluding carboxylic acids is 1. The Morgan fingerprint density at radius 1 is 1.50 bits per heavy atom. The maximum atomic E-state index is 11.2. The number of hydrogen-bond acceptors (Lipinski definition) is 3. The van der Waals surface area contributed by atoms with Gasteiger partial charge in [-0.1, -0.05) is 11.6 Å². The number of amides is 1. The first-order valence-electron chi connectivity index (χ1n) is 4.98. The molecule has 0 bridgehead atoms. The third-order valence-electron chi connectivity index (χ3n) is 2.12. The molecule has 5 heteroatoms. The van der Waals surface area contributed by atoms with Gasteiger partial charge in [-0.15, -0.1) is 0 Å². The van der Waals surface area contributed by atoms with Gasteiger partial charge < -0.3 is 16.0 Å². The van der Waals surface area contributed by atoms with Gasteiger partial charge >= 0.3 is 0 Å². The van der Waals surface area contributed by atoms with Crippen LogP contribution in [-0.4, -0.2) is 38.0 Å². The molecular weight excluding hydrogens is 226 g/mol. The summed E-state index contributed by atoms with van der Waals surface area (Å²) < 4.78 is 0. The minimum Gasteiger partial charge on any atom is -0.383 e. The number of halogens is 1. The van der Waals surface area contributed by atoms with Crippen LogP contribution in [-0.2, 0) is 0 Å². The van der Waals surface area contributed by atoms with Gasteiger partial charge in [0.15, 0.2) is 0 Å². The van der Waals surface area contributed by atoms with E-state index in [1.54, 1.807) is 18.2 Å². The number of carbonyl (C=O) groups is 1. The highest BCUT2D eigenvalue weighted by atomic mass is 35.5. The summed E-state index contributed by atoms with van der Waals surface area (Å²) in [7, 11) is 3.96. The molecule has 0 aromatic heterocycles. The Kier molecular flexibility index (Phi) is 4.58. The maximum absolute atomic E-state index is 11.2. The second-order valence-electron chi connectivity index (χ2n) is 3.78. The average Bonchev–Trinajstić information content (AvgIpc) is 2.16. The van der Waals surface area contributed by atoms with E-state index in [1.807, 2.05) is 19.0 Å². The zero-order valence-corrected chi connectivity index (χ0v) is 10.2. The number of primary amides is 1. The monoisotopic (exact) mass is 241 g/mol. The summed E-state index contributed by atoms with van der Waals surface area (Å²) in [5.74, 6) is -0.455. The van der Waals surface area contributed by atoms with Crippen molar-refractivity contribution in [2.24, 2.45) is 5.73 Å². The Hall–Kier alpha value is -1.26. The molecule has 3 N–H and O–H groups in total. The minimum absolute atomic E-state index is 0.455. The number of anilines is 1. The summed E-state index contributed by atoms with van der Waals surface area (Å²) >= 11 is 5.86. The van der Waals surface area contributed by atoms with E-state index in [2.05, 4.69) is 5.32 Å². The lowest BCUT2D eigenvalue weighted by atomic mass is 10.1. The van der Waals surface area contributed by atoms with Gasteiger partial charge in [0.05, 0.1) is 5.56 Å². The molecule has 0 aliphatic carbocycles. The second kappa shape index (κ2) is 5.72. The van der Waals surface area contributed by atoms with E-state index in [-0.39, 0.29) is 0 Å². The molecule has 1 rings (SSSR count). The Bertz CT molecular complexity index is 379. The molecule has 1 aromatic carbocycles. The lowest BCUT2D eigenvalue weighted by molar-refractivity contribution is 0.100. The Morgan fingerprint density at radius 3 is 2.75 bits per heavy atom. The molecule has 16 heavy (non-hydrogen) atoms. The summed E-state index contributed by atoms with van der Waals surface area (Å²) in [5.41, 5.74) is 6.41. The molecule has 88 valence electrons. The molecule has 1 aromatic rings. The van der Waals surface area contributed by atoms with Gasteiger partial charge in [0.1, 0.15) is 0 Å². The summed E-state index contributed by atoms with van der Waals surface area (Å²) in [5, 5.41) is 3.72. The highest BCUT2D eigenvalue weighted by Gasteiger charge is 2.07. The van der Waals surface area contributed by atoms with Gasteiger partial charge in [-0.25, -0.2) is 0 Å². The number of hydrogen-bond donors (Lipinski definition) is 2. The van der Waals surface area contributed by atoms with Crippen molar-refractivity contribution in [2.45, 2.75) is 0 Å². The van der Waals surface area contributed by atoms with Crippen LogP contribution >= 0.6 is 11.6 Å². The first-order valence-corrected chi connectivity index (χ1v) is 5.36. The van der Waals surface area contributed by atoms with E-state index in [4.69, 9.17) is 17.3 Å². The quantitative estimate of drug-likeness (QED) is 0.820. The second-order valence-corrected chi connectivity index (χ2v) is 4.22. The Balaban J connectivity index is 2.76. The van der Waals surface area contributed by atoms with E-state index in [9.17, 15) is 4.79 Å². The molecule has 1 amide bonds. The van der Waals surface area contributed by atoms with Crippen LogP contribution in [0.15, 0.2) is 18.2 Å². The molecule has 0 atom stereocenters. The normalized spacial score (nSPS) is 10.5. The number of nitrogens with two attached hydrogens (primary N) is 1. The van der Waals surface area contributed by atoms with Crippen LogP contribution in [0, 0.1) is 0 Å². The Morgan fingerprint density at radius 2 is 2.19 bits per heavy atom. The van der Waals surface area contributed by atoms with Crippen molar-refractivity contribution in [1.82, 2.24) is 4.90 Å². The van der Waals surface area contributed by atoms with Gasteiger partial charge in [0.25, 0.3) is 5.91 Å². The highest BCUT2D eigenvalue weighted by Crippen LogP contribution is 2.20. The molecule has 0 unspecified atom stereocenters. The van der Waals surface area contributed by atoms with Crippen LogP contribution in [0.1, 0.15) is 10.4 Å². The van der Waals surface area contributed by atoms with E-state index < -0.39 is 5.91 Å². The van der Waals surface area contributed by atoms with Crippen molar-refractivity contribution < 1.29 is 4.79 Å². The van der Waals surface area contributed by atoms with Gasteiger partial charge in [-0.05, 0) is 32.3 Å². The number of likely N-dealkylation sites (N-methyl/N-ethyl adjacent to an activating group) is 1. The van der Waals surface area contributed by atoms with E-state index in [0.29, 0.717) is 16.3 Å². The molecule has 0 radical (unpaired) electrons. The van der Waals surface area contributed by atoms with Crippen LogP contribution in [0.5, 0.6) is 0 Å². The van der Waals surface area contributed by atoms with Crippen LogP contribution in [0.3, 0.4) is 0 Å². The molecular formula is C11H16ClN3O. The number of benzene rings is 1. The largest absolute Gasteiger partial charge is 0.383 e. The Labute approximate surface area is 100 Å². The zero-order chi connectivity index (χ0) is 12.1. The summed E-state index contributed by atoms with van der Waals surface area (Å²) in [6, 6.07) is 4.98. The molecule has 0 fully saturated rings. The standard InChI is InChI=1S/C11H16ClN3O/c1-15(2)6-5-14-10-7-8(12)3-4-9(10)11(13)16/h3-4,7,14H,5-6H2,1-2H3,(H2,13,16). The van der Waals surface area contributed by atoms with E-state index in [0.717, 1.165) is 13.1 Å². The van der Waals surface area contributed by atoms with Crippen LogP contribution < -0.4 is 11.1 Å². The molecule has 0 aliphatic heterocycles. The molecule has 0 spiro atoms. The van der Waals surface area contributed by atoms with Crippen LogP contribution in [0.25, 0.3) is 0 Å². The summed E-state index contributed by atoms with van der Waals surface area (Å²) in [6.45, 7) is 1.60. The van der Waals surface area contributed by atoms with Crippen LogP contribution in [0.4, 0.5) is 5.69 Å². The first kappa shape index (κ1) is 12.8. The minimum atomic E-state index is -0.455. The molecule has 0 heterocycles. The van der Waals surface area contributed by atoms with Gasteiger partial charge in [-0.3, -0.25) is 4.79 Å². The number of nitrogens with one attached hydrogen (secondary N) is 1. The first-order chi connectivity index (χ1) is 7.50. The number of nitrogens with zero attached hydrogens (tertiary/aromatic N) is 1. The topological polar surface area (TPSA) is 58.4 Å².